The lowest BCUT2D eigenvalue weighted by Gasteiger charge is -2.11. The molecule has 1 heterocycles. The summed E-state index contributed by atoms with van der Waals surface area (Å²) in [4.78, 5) is 14.7. The number of anilines is 1. The Morgan fingerprint density at radius 3 is 2.37 bits per heavy atom. The van der Waals surface area contributed by atoms with Crippen molar-refractivity contribution in [2.75, 3.05) is 19.0 Å². The van der Waals surface area contributed by atoms with Crippen molar-refractivity contribution in [3.05, 3.63) is 55.8 Å². The Morgan fingerprint density at radius 1 is 1.16 bits per heavy atom. The third-order valence-electron chi connectivity index (χ3n) is 2.65. The van der Waals surface area contributed by atoms with Crippen LogP contribution >= 0.6 is 33.9 Å². The SMILES string of the molecule is CN(C)c1ccc(/C=C/C(=O)c2ccc(I)s2)cc1. The standard InChI is InChI=1S/C15H14INOS/c1-17(2)12-6-3-11(4-7-12)5-8-13(18)14-9-10-15(16)19-14/h3-10H,1-2H3/b8-5+. The molecule has 1 aromatic carbocycles. The minimum atomic E-state index is 0.0598. The molecular weight excluding hydrogens is 369 g/mol. The van der Waals surface area contributed by atoms with Gasteiger partial charge in [0.15, 0.2) is 5.78 Å². The summed E-state index contributed by atoms with van der Waals surface area (Å²) in [6.45, 7) is 0. The van der Waals surface area contributed by atoms with Crippen LogP contribution in [0.25, 0.3) is 6.08 Å². The molecule has 0 atom stereocenters. The van der Waals surface area contributed by atoms with Gasteiger partial charge in [0.25, 0.3) is 0 Å². The van der Waals surface area contributed by atoms with Crippen LogP contribution in [0.1, 0.15) is 15.2 Å². The lowest BCUT2D eigenvalue weighted by molar-refractivity contribution is 0.105. The average Bonchev–Trinajstić information content (AvgIpc) is 2.83. The molecule has 0 radical (unpaired) electrons. The predicted molar refractivity (Wildman–Crippen MR) is 91.2 cm³/mol. The summed E-state index contributed by atoms with van der Waals surface area (Å²) in [5, 5.41) is 0. The number of carbonyl (C=O) groups excluding carboxylic acids is 1. The molecule has 19 heavy (non-hydrogen) atoms. The van der Waals surface area contributed by atoms with Gasteiger partial charge in [0, 0.05) is 19.8 Å². The minimum absolute atomic E-state index is 0.0598. The molecule has 0 unspecified atom stereocenters. The van der Waals surface area contributed by atoms with E-state index < -0.39 is 0 Å². The summed E-state index contributed by atoms with van der Waals surface area (Å²) in [6.07, 6.45) is 3.49. The number of ketones is 1. The highest BCUT2D eigenvalue weighted by Gasteiger charge is 2.04. The molecule has 0 saturated heterocycles. The van der Waals surface area contributed by atoms with Crippen molar-refractivity contribution < 1.29 is 4.79 Å². The van der Waals surface area contributed by atoms with Crippen LogP contribution in [0, 0.1) is 2.88 Å². The van der Waals surface area contributed by atoms with E-state index in [9.17, 15) is 4.79 Å². The van der Waals surface area contributed by atoms with Crippen molar-refractivity contribution in [2.24, 2.45) is 0 Å². The summed E-state index contributed by atoms with van der Waals surface area (Å²) in [6, 6.07) is 11.9. The monoisotopic (exact) mass is 383 g/mol. The molecule has 2 rings (SSSR count). The summed E-state index contributed by atoms with van der Waals surface area (Å²) in [5.74, 6) is 0.0598. The number of hydrogen-bond acceptors (Lipinski definition) is 3. The quantitative estimate of drug-likeness (QED) is 0.446. The van der Waals surface area contributed by atoms with Crippen LogP contribution < -0.4 is 4.90 Å². The van der Waals surface area contributed by atoms with Crippen molar-refractivity contribution in [3.63, 3.8) is 0 Å². The lowest BCUT2D eigenvalue weighted by atomic mass is 10.1. The van der Waals surface area contributed by atoms with Crippen LogP contribution in [0.5, 0.6) is 0 Å². The molecule has 0 aliphatic heterocycles. The van der Waals surface area contributed by atoms with Crippen molar-refractivity contribution in [3.8, 4) is 0 Å². The van der Waals surface area contributed by atoms with Crippen molar-refractivity contribution in [1.29, 1.82) is 0 Å². The molecule has 0 aliphatic carbocycles. The highest BCUT2D eigenvalue weighted by Crippen LogP contribution is 2.19. The second-order valence-electron chi connectivity index (χ2n) is 4.29. The van der Waals surface area contributed by atoms with Gasteiger partial charge in [0.2, 0.25) is 0 Å². The Morgan fingerprint density at radius 2 is 1.84 bits per heavy atom. The third-order valence-corrected chi connectivity index (χ3v) is 4.56. The van der Waals surface area contributed by atoms with E-state index in [2.05, 4.69) is 22.6 Å². The third kappa shape index (κ3) is 3.91. The first-order valence-corrected chi connectivity index (χ1v) is 7.71. The van der Waals surface area contributed by atoms with Gasteiger partial charge in [-0.2, -0.15) is 0 Å². The van der Waals surface area contributed by atoms with Crippen LogP contribution in [-0.2, 0) is 0 Å². The van der Waals surface area contributed by atoms with Gasteiger partial charge in [-0.25, -0.2) is 0 Å². The first kappa shape index (κ1) is 14.3. The molecule has 0 spiro atoms. The van der Waals surface area contributed by atoms with E-state index in [4.69, 9.17) is 0 Å². The topological polar surface area (TPSA) is 20.3 Å². The van der Waals surface area contributed by atoms with Gasteiger partial charge >= 0.3 is 0 Å². The largest absolute Gasteiger partial charge is 0.378 e. The first-order valence-electron chi connectivity index (χ1n) is 5.81. The fourth-order valence-corrected chi connectivity index (χ4v) is 3.13. The Kier molecular flexibility index (Phi) is 4.76. The first-order chi connectivity index (χ1) is 9.06. The van der Waals surface area contributed by atoms with Crippen molar-refractivity contribution in [2.45, 2.75) is 0 Å². The maximum absolute atomic E-state index is 11.9. The van der Waals surface area contributed by atoms with Crippen LogP contribution in [0.3, 0.4) is 0 Å². The molecule has 4 heteroatoms. The van der Waals surface area contributed by atoms with Crippen LogP contribution in [-0.4, -0.2) is 19.9 Å². The average molecular weight is 383 g/mol. The zero-order valence-corrected chi connectivity index (χ0v) is 13.7. The summed E-state index contributed by atoms with van der Waals surface area (Å²) in [7, 11) is 4.01. The van der Waals surface area contributed by atoms with E-state index >= 15 is 0 Å². The Hall–Kier alpha value is -1.14. The maximum atomic E-state index is 11.9. The predicted octanol–water partition coefficient (Wildman–Crippen LogP) is 4.31. The molecular formula is C15H14INOS. The van der Waals surface area contributed by atoms with E-state index in [-0.39, 0.29) is 5.78 Å². The Labute approximate surface area is 130 Å². The molecule has 0 amide bonds. The normalized spacial score (nSPS) is 10.9. The highest BCUT2D eigenvalue weighted by molar-refractivity contribution is 14.1. The zero-order valence-electron chi connectivity index (χ0n) is 10.8. The number of nitrogens with zero attached hydrogens (tertiary/aromatic N) is 1. The molecule has 0 N–H and O–H groups in total. The number of thiophene rings is 1. The van der Waals surface area contributed by atoms with Gasteiger partial charge in [0.05, 0.1) is 7.76 Å². The van der Waals surface area contributed by atoms with E-state index in [0.29, 0.717) is 0 Å². The van der Waals surface area contributed by atoms with Gasteiger partial charge in [-0.05, 0) is 58.5 Å². The smallest absolute Gasteiger partial charge is 0.195 e. The van der Waals surface area contributed by atoms with Gasteiger partial charge in [-0.15, -0.1) is 11.3 Å². The molecule has 98 valence electrons. The molecule has 0 aliphatic rings. The number of benzene rings is 1. The number of halogens is 1. The zero-order chi connectivity index (χ0) is 13.8. The molecule has 1 aromatic heterocycles. The van der Waals surface area contributed by atoms with Gasteiger partial charge in [-0.3, -0.25) is 4.79 Å². The molecule has 0 bridgehead atoms. The number of hydrogen-bond donors (Lipinski definition) is 0. The summed E-state index contributed by atoms with van der Waals surface area (Å²) in [5.41, 5.74) is 2.18. The molecule has 2 nitrogen and oxygen atoms in total. The van der Waals surface area contributed by atoms with Gasteiger partial charge < -0.3 is 4.90 Å². The number of allylic oxidation sites excluding steroid dienone is 1. The number of carbonyl (C=O) groups is 1. The Bertz CT molecular complexity index is 599. The summed E-state index contributed by atoms with van der Waals surface area (Å²) < 4.78 is 1.13. The van der Waals surface area contributed by atoms with E-state index in [1.807, 2.05) is 61.5 Å². The molecule has 2 aromatic rings. The van der Waals surface area contributed by atoms with E-state index in [1.165, 1.54) is 11.3 Å². The fraction of sp³-hybridized carbons (Fsp3) is 0.133. The van der Waals surface area contributed by atoms with Crippen LogP contribution in [0.2, 0.25) is 0 Å². The van der Waals surface area contributed by atoms with Crippen molar-refractivity contribution >= 4 is 51.5 Å². The number of rotatable bonds is 4. The minimum Gasteiger partial charge on any atom is -0.378 e. The maximum Gasteiger partial charge on any atom is 0.195 e. The Balaban J connectivity index is 2.08. The molecule has 0 fully saturated rings. The van der Waals surface area contributed by atoms with Crippen LogP contribution in [0.15, 0.2) is 42.5 Å². The van der Waals surface area contributed by atoms with Gasteiger partial charge in [0.1, 0.15) is 0 Å². The van der Waals surface area contributed by atoms with Gasteiger partial charge in [-0.1, -0.05) is 18.2 Å². The van der Waals surface area contributed by atoms with Crippen molar-refractivity contribution in [1.82, 2.24) is 0 Å². The molecule has 0 saturated carbocycles. The van der Waals surface area contributed by atoms with Crippen LogP contribution in [0.4, 0.5) is 5.69 Å². The van der Waals surface area contributed by atoms with E-state index in [0.717, 1.165) is 19.0 Å². The second-order valence-corrected chi connectivity index (χ2v) is 7.27. The fourth-order valence-electron chi connectivity index (χ4n) is 1.58. The second kappa shape index (κ2) is 6.34. The van der Waals surface area contributed by atoms with E-state index in [1.54, 1.807) is 6.08 Å². The summed E-state index contributed by atoms with van der Waals surface area (Å²) >= 11 is 3.74. The highest BCUT2D eigenvalue weighted by atomic mass is 127. The lowest BCUT2D eigenvalue weighted by Crippen LogP contribution is -2.07.